The molecular formula is C20H20N4O2. The van der Waals surface area contributed by atoms with Crippen LogP contribution in [0.25, 0.3) is 0 Å². The van der Waals surface area contributed by atoms with Gasteiger partial charge in [-0.05, 0) is 50.2 Å². The summed E-state index contributed by atoms with van der Waals surface area (Å²) in [5.41, 5.74) is 1.03. The summed E-state index contributed by atoms with van der Waals surface area (Å²) in [5, 5.41) is 14.0. The Morgan fingerprint density at radius 2 is 1.65 bits per heavy atom. The van der Waals surface area contributed by atoms with Crippen LogP contribution in [0.4, 0.5) is 11.5 Å². The molecule has 3 rings (SSSR count). The number of nitrogens with one attached hydrogen (secondary N) is 2. The Morgan fingerprint density at radius 1 is 0.923 bits per heavy atom. The number of hydrogen-bond donors (Lipinski definition) is 2. The molecule has 2 N–H and O–H groups in total. The molecule has 3 aromatic rings. The van der Waals surface area contributed by atoms with Crippen molar-refractivity contribution in [3.05, 3.63) is 72.4 Å². The van der Waals surface area contributed by atoms with Gasteiger partial charge in [-0.2, -0.15) is 0 Å². The second kappa shape index (κ2) is 8.11. The van der Waals surface area contributed by atoms with Gasteiger partial charge in [0.05, 0.1) is 5.69 Å². The van der Waals surface area contributed by atoms with Crippen molar-refractivity contribution in [2.45, 2.75) is 19.9 Å². The summed E-state index contributed by atoms with van der Waals surface area (Å²) >= 11 is 0. The second-order valence-corrected chi connectivity index (χ2v) is 5.97. The number of aromatic nitrogens is 2. The number of anilines is 2. The van der Waals surface area contributed by atoms with E-state index < -0.39 is 0 Å². The molecule has 0 aliphatic rings. The molecule has 0 aliphatic carbocycles. The third kappa shape index (κ3) is 4.57. The minimum absolute atomic E-state index is 0.0455. The Hall–Kier alpha value is -3.41. The summed E-state index contributed by atoms with van der Waals surface area (Å²) in [6, 6.07) is 20.5. The highest BCUT2D eigenvalue weighted by Gasteiger charge is 2.10. The van der Waals surface area contributed by atoms with Crippen LogP contribution in [0.3, 0.4) is 0 Å². The average molecular weight is 348 g/mol. The smallest absolute Gasteiger partial charge is 0.271 e. The fourth-order valence-corrected chi connectivity index (χ4v) is 2.27. The first kappa shape index (κ1) is 17.4. The van der Waals surface area contributed by atoms with Crippen LogP contribution in [0.15, 0.2) is 66.7 Å². The average Bonchev–Trinajstić information content (AvgIpc) is 2.64. The van der Waals surface area contributed by atoms with Crippen LogP contribution in [0, 0.1) is 0 Å². The number of ether oxygens (including phenoxy) is 1. The van der Waals surface area contributed by atoms with Crippen LogP contribution >= 0.6 is 0 Å². The molecule has 132 valence electrons. The van der Waals surface area contributed by atoms with E-state index in [-0.39, 0.29) is 17.6 Å². The lowest BCUT2D eigenvalue weighted by atomic mass is 10.2. The van der Waals surface area contributed by atoms with Gasteiger partial charge in [0.1, 0.15) is 5.75 Å². The number of hydrogen-bond acceptors (Lipinski definition) is 5. The molecule has 6 heteroatoms. The van der Waals surface area contributed by atoms with Crippen molar-refractivity contribution in [2.24, 2.45) is 0 Å². The number of para-hydroxylation sites is 3. The monoisotopic (exact) mass is 348 g/mol. The van der Waals surface area contributed by atoms with Crippen molar-refractivity contribution < 1.29 is 9.53 Å². The second-order valence-electron chi connectivity index (χ2n) is 5.97. The molecule has 26 heavy (non-hydrogen) atoms. The maximum Gasteiger partial charge on any atom is 0.271 e. The van der Waals surface area contributed by atoms with Gasteiger partial charge in [0.25, 0.3) is 5.91 Å². The summed E-state index contributed by atoms with van der Waals surface area (Å²) in [6.45, 7) is 3.79. The summed E-state index contributed by atoms with van der Waals surface area (Å²) in [5.74, 6) is 1.69. The predicted molar refractivity (Wildman–Crippen MR) is 101 cm³/mol. The Balaban J connectivity index is 1.74. The zero-order valence-electron chi connectivity index (χ0n) is 14.6. The van der Waals surface area contributed by atoms with Crippen LogP contribution in [0.1, 0.15) is 24.3 Å². The van der Waals surface area contributed by atoms with E-state index in [0.29, 0.717) is 11.6 Å². The van der Waals surface area contributed by atoms with Gasteiger partial charge in [-0.1, -0.05) is 30.3 Å². The van der Waals surface area contributed by atoms with E-state index >= 15 is 0 Å². The van der Waals surface area contributed by atoms with Gasteiger partial charge in [-0.25, -0.2) is 0 Å². The van der Waals surface area contributed by atoms with Gasteiger partial charge >= 0.3 is 0 Å². The van der Waals surface area contributed by atoms with Crippen molar-refractivity contribution in [3.63, 3.8) is 0 Å². The van der Waals surface area contributed by atoms with Crippen LogP contribution in [0.2, 0.25) is 0 Å². The minimum Gasteiger partial charge on any atom is -0.455 e. The fourth-order valence-electron chi connectivity index (χ4n) is 2.27. The van der Waals surface area contributed by atoms with Crippen molar-refractivity contribution in [2.75, 3.05) is 5.32 Å². The standard InChI is InChI=1S/C20H20N4O2/c1-14(2)21-20(25)17-12-13-19(24-23-17)22-16-10-6-7-11-18(16)26-15-8-4-3-5-9-15/h3-14H,1-2H3,(H,21,25)(H,22,24). The molecule has 2 aromatic carbocycles. The van der Waals surface area contributed by atoms with Crippen LogP contribution in [-0.2, 0) is 0 Å². The van der Waals surface area contributed by atoms with E-state index in [1.54, 1.807) is 12.1 Å². The molecule has 0 bridgehead atoms. The Kier molecular flexibility index (Phi) is 5.43. The molecule has 1 aromatic heterocycles. The molecular weight excluding hydrogens is 328 g/mol. The van der Waals surface area contributed by atoms with Crippen LogP contribution in [-0.4, -0.2) is 22.1 Å². The normalized spacial score (nSPS) is 10.4. The maximum absolute atomic E-state index is 11.9. The van der Waals surface area contributed by atoms with Crippen molar-refractivity contribution in [3.8, 4) is 11.5 Å². The van der Waals surface area contributed by atoms with Gasteiger partial charge in [0.15, 0.2) is 17.3 Å². The van der Waals surface area contributed by atoms with Gasteiger partial charge in [-0.15, -0.1) is 10.2 Å². The summed E-state index contributed by atoms with van der Waals surface area (Å²) in [6.07, 6.45) is 0. The summed E-state index contributed by atoms with van der Waals surface area (Å²) in [4.78, 5) is 11.9. The molecule has 0 aliphatic heterocycles. The quantitative estimate of drug-likeness (QED) is 0.700. The summed E-state index contributed by atoms with van der Waals surface area (Å²) < 4.78 is 5.91. The van der Waals surface area contributed by atoms with E-state index in [2.05, 4.69) is 20.8 Å². The highest BCUT2D eigenvalue weighted by molar-refractivity contribution is 5.92. The van der Waals surface area contributed by atoms with E-state index in [4.69, 9.17) is 4.74 Å². The molecule has 0 unspecified atom stereocenters. The first-order chi connectivity index (χ1) is 12.6. The van der Waals surface area contributed by atoms with E-state index in [0.717, 1.165) is 11.4 Å². The number of benzene rings is 2. The van der Waals surface area contributed by atoms with E-state index in [1.165, 1.54) is 0 Å². The first-order valence-corrected chi connectivity index (χ1v) is 8.35. The predicted octanol–water partition coefficient (Wildman–Crippen LogP) is 4.15. The zero-order chi connectivity index (χ0) is 18.4. The zero-order valence-corrected chi connectivity index (χ0v) is 14.6. The van der Waals surface area contributed by atoms with Crippen molar-refractivity contribution in [1.82, 2.24) is 15.5 Å². The lowest BCUT2D eigenvalue weighted by Crippen LogP contribution is -2.30. The number of nitrogens with zero attached hydrogens (tertiary/aromatic N) is 2. The highest BCUT2D eigenvalue weighted by atomic mass is 16.5. The van der Waals surface area contributed by atoms with Gasteiger partial charge in [0, 0.05) is 6.04 Å². The Bertz CT molecular complexity index is 864. The molecule has 6 nitrogen and oxygen atoms in total. The number of carbonyl (C=O) groups excluding carboxylic acids is 1. The molecule has 0 spiro atoms. The summed E-state index contributed by atoms with van der Waals surface area (Å²) in [7, 11) is 0. The van der Waals surface area contributed by atoms with Crippen molar-refractivity contribution in [1.29, 1.82) is 0 Å². The molecule has 0 saturated carbocycles. The highest BCUT2D eigenvalue weighted by Crippen LogP contribution is 2.30. The Labute approximate surface area is 152 Å². The number of carbonyl (C=O) groups is 1. The fraction of sp³-hybridized carbons (Fsp3) is 0.150. The lowest BCUT2D eigenvalue weighted by Gasteiger charge is -2.12. The maximum atomic E-state index is 11.9. The topological polar surface area (TPSA) is 76.1 Å². The third-order valence-electron chi connectivity index (χ3n) is 3.44. The SMILES string of the molecule is CC(C)NC(=O)c1ccc(Nc2ccccc2Oc2ccccc2)nn1. The van der Waals surface area contributed by atoms with E-state index in [1.807, 2.05) is 68.4 Å². The molecule has 1 amide bonds. The first-order valence-electron chi connectivity index (χ1n) is 8.35. The van der Waals surface area contributed by atoms with Gasteiger partial charge < -0.3 is 15.4 Å². The molecule has 0 radical (unpaired) electrons. The molecule has 1 heterocycles. The molecule has 0 atom stereocenters. The minimum atomic E-state index is -0.244. The molecule has 0 fully saturated rings. The van der Waals surface area contributed by atoms with Crippen LogP contribution < -0.4 is 15.4 Å². The third-order valence-corrected chi connectivity index (χ3v) is 3.44. The van der Waals surface area contributed by atoms with Crippen LogP contribution in [0.5, 0.6) is 11.5 Å². The van der Waals surface area contributed by atoms with E-state index in [9.17, 15) is 4.79 Å². The number of amides is 1. The van der Waals surface area contributed by atoms with Gasteiger partial charge in [0.2, 0.25) is 0 Å². The largest absolute Gasteiger partial charge is 0.455 e. The Morgan fingerprint density at radius 3 is 2.35 bits per heavy atom. The van der Waals surface area contributed by atoms with Crippen molar-refractivity contribution >= 4 is 17.4 Å². The molecule has 0 saturated heterocycles. The lowest BCUT2D eigenvalue weighted by molar-refractivity contribution is 0.0937. The number of rotatable bonds is 6. The van der Waals surface area contributed by atoms with Gasteiger partial charge in [-0.3, -0.25) is 4.79 Å².